The second kappa shape index (κ2) is 9.13. The van der Waals surface area contributed by atoms with Crippen LogP contribution in [0.15, 0.2) is 54.2 Å². The van der Waals surface area contributed by atoms with Gasteiger partial charge < -0.3 is 14.8 Å². The molecule has 0 aliphatic carbocycles. The Morgan fingerprint density at radius 2 is 1.77 bits per heavy atom. The largest absolute Gasteiger partial charge is 0.493 e. The summed E-state index contributed by atoms with van der Waals surface area (Å²) in [6, 6.07) is 14.5. The normalized spacial score (nSPS) is 10.9. The highest BCUT2D eigenvalue weighted by molar-refractivity contribution is 7.17. The SMILES string of the molecule is CCCCc1ccc(Nc2ncnc3scc(-c4ccc(OC)c(OC)c4)c23)cc1. The van der Waals surface area contributed by atoms with Gasteiger partial charge in [-0.3, -0.25) is 0 Å². The van der Waals surface area contributed by atoms with Gasteiger partial charge in [0.1, 0.15) is 17.0 Å². The molecule has 0 unspecified atom stereocenters. The van der Waals surface area contributed by atoms with E-state index in [0.29, 0.717) is 11.5 Å². The summed E-state index contributed by atoms with van der Waals surface area (Å²) in [6.07, 6.45) is 5.14. The fraction of sp³-hybridized carbons (Fsp3) is 0.250. The first-order valence-corrected chi connectivity index (χ1v) is 10.9. The minimum absolute atomic E-state index is 0.698. The van der Waals surface area contributed by atoms with E-state index in [1.165, 1.54) is 18.4 Å². The zero-order valence-electron chi connectivity index (χ0n) is 17.4. The van der Waals surface area contributed by atoms with Crippen molar-refractivity contribution in [2.45, 2.75) is 26.2 Å². The molecule has 0 atom stereocenters. The lowest BCUT2D eigenvalue weighted by Crippen LogP contribution is -1.96. The van der Waals surface area contributed by atoms with Crippen molar-refractivity contribution >= 4 is 33.1 Å². The van der Waals surface area contributed by atoms with Gasteiger partial charge in [-0.25, -0.2) is 9.97 Å². The summed E-state index contributed by atoms with van der Waals surface area (Å²) < 4.78 is 10.9. The van der Waals surface area contributed by atoms with E-state index in [0.717, 1.165) is 39.3 Å². The molecule has 30 heavy (non-hydrogen) atoms. The maximum absolute atomic E-state index is 5.48. The van der Waals surface area contributed by atoms with E-state index in [9.17, 15) is 0 Å². The standard InChI is InChI=1S/C24H25N3O2S/c1-4-5-6-16-7-10-18(11-8-16)27-23-22-19(14-30-24(22)26-15-25-23)17-9-12-20(28-2)21(13-17)29-3/h7-15H,4-6H2,1-3H3,(H,25,26,27). The molecule has 4 rings (SSSR count). The fourth-order valence-electron chi connectivity index (χ4n) is 3.46. The minimum Gasteiger partial charge on any atom is -0.493 e. The number of hydrogen-bond donors (Lipinski definition) is 1. The van der Waals surface area contributed by atoms with Gasteiger partial charge in [0, 0.05) is 16.6 Å². The quantitative estimate of drug-likeness (QED) is 0.355. The van der Waals surface area contributed by atoms with Gasteiger partial charge in [-0.05, 0) is 48.2 Å². The van der Waals surface area contributed by atoms with Crippen molar-refractivity contribution in [1.82, 2.24) is 9.97 Å². The number of aromatic nitrogens is 2. The average Bonchev–Trinajstić information content (AvgIpc) is 3.23. The lowest BCUT2D eigenvalue weighted by atomic mass is 10.1. The Kier molecular flexibility index (Phi) is 6.14. The van der Waals surface area contributed by atoms with Crippen LogP contribution in [0.25, 0.3) is 21.3 Å². The lowest BCUT2D eigenvalue weighted by Gasteiger charge is -2.11. The van der Waals surface area contributed by atoms with Crippen LogP contribution >= 0.6 is 11.3 Å². The van der Waals surface area contributed by atoms with Crippen LogP contribution < -0.4 is 14.8 Å². The van der Waals surface area contributed by atoms with Crippen molar-refractivity contribution in [2.24, 2.45) is 0 Å². The molecule has 0 aliphatic heterocycles. The van der Waals surface area contributed by atoms with Crippen LogP contribution in [0.3, 0.4) is 0 Å². The number of rotatable bonds is 8. The minimum atomic E-state index is 0.698. The van der Waals surface area contributed by atoms with Gasteiger partial charge in [0.05, 0.1) is 19.6 Å². The van der Waals surface area contributed by atoms with Gasteiger partial charge in [-0.2, -0.15) is 0 Å². The number of nitrogens with zero attached hydrogens (tertiary/aromatic N) is 2. The molecule has 1 N–H and O–H groups in total. The van der Waals surface area contributed by atoms with Crippen LogP contribution in [0, 0.1) is 0 Å². The summed E-state index contributed by atoms with van der Waals surface area (Å²) in [6.45, 7) is 2.22. The lowest BCUT2D eigenvalue weighted by molar-refractivity contribution is 0.355. The van der Waals surface area contributed by atoms with Gasteiger partial charge >= 0.3 is 0 Å². The number of aryl methyl sites for hydroxylation is 1. The van der Waals surface area contributed by atoms with Crippen molar-refractivity contribution in [2.75, 3.05) is 19.5 Å². The van der Waals surface area contributed by atoms with Crippen molar-refractivity contribution < 1.29 is 9.47 Å². The van der Waals surface area contributed by atoms with E-state index in [2.05, 4.69) is 51.9 Å². The van der Waals surface area contributed by atoms with Crippen LogP contribution in [-0.2, 0) is 6.42 Å². The summed E-state index contributed by atoms with van der Waals surface area (Å²) >= 11 is 1.61. The molecule has 4 aromatic rings. The number of nitrogens with one attached hydrogen (secondary N) is 1. The van der Waals surface area contributed by atoms with Gasteiger partial charge in [0.2, 0.25) is 0 Å². The molecule has 5 nitrogen and oxygen atoms in total. The number of thiophene rings is 1. The smallest absolute Gasteiger partial charge is 0.161 e. The molecule has 2 aromatic heterocycles. The molecule has 2 aromatic carbocycles. The third-order valence-corrected chi connectivity index (χ3v) is 5.99. The number of hydrogen-bond acceptors (Lipinski definition) is 6. The Hall–Kier alpha value is -3.12. The Labute approximate surface area is 180 Å². The first-order valence-electron chi connectivity index (χ1n) is 10.0. The predicted molar refractivity (Wildman–Crippen MR) is 124 cm³/mol. The van der Waals surface area contributed by atoms with Crippen LogP contribution in [-0.4, -0.2) is 24.2 Å². The highest BCUT2D eigenvalue weighted by atomic mass is 32.1. The molecule has 0 aliphatic rings. The number of ether oxygens (including phenoxy) is 2. The van der Waals surface area contributed by atoms with Gasteiger partial charge in [0.25, 0.3) is 0 Å². The van der Waals surface area contributed by atoms with E-state index in [1.807, 2.05) is 18.2 Å². The molecule has 0 fully saturated rings. The highest BCUT2D eigenvalue weighted by Gasteiger charge is 2.15. The first-order chi connectivity index (χ1) is 14.7. The number of anilines is 2. The fourth-order valence-corrected chi connectivity index (χ4v) is 4.37. The first kappa shape index (κ1) is 20.2. The summed E-state index contributed by atoms with van der Waals surface area (Å²) in [5.41, 5.74) is 4.47. The maximum atomic E-state index is 5.48. The van der Waals surface area contributed by atoms with Crippen LogP contribution in [0.2, 0.25) is 0 Å². The summed E-state index contributed by atoms with van der Waals surface area (Å²) in [5, 5.41) is 6.59. The van der Waals surface area contributed by atoms with E-state index < -0.39 is 0 Å². The zero-order valence-corrected chi connectivity index (χ0v) is 18.3. The van der Waals surface area contributed by atoms with E-state index in [-0.39, 0.29) is 0 Å². The van der Waals surface area contributed by atoms with Crippen LogP contribution in [0.5, 0.6) is 11.5 Å². The second-order valence-corrected chi connectivity index (χ2v) is 7.91. The molecule has 0 saturated heterocycles. The third kappa shape index (κ3) is 4.09. The molecule has 6 heteroatoms. The van der Waals surface area contributed by atoms with E-state index >= 15 is 0 Å². The highest BCUT2D eigenvalue weighted by Crippen LogP contribution is 2.40. The predicted octanol–water partition coefficient (Wildman–Crippen LogP) is 6.46. The van der Waals surface area contributed by atoms with Crippen molar-refractivity contribution in [3.63, 3.8) is 0 Å². The number of methoxy groups -OCH3 is 2. The average molecular weight is 420 g/mol. The molecular formula is C24H25N3O2S. The zero-order chi connectivity index (χ0) is 20.9. The number of fused-ring (bicyclic) bond motifs is 1. The third-order valence-electron chi connectivity index (χ3n) is 5.10. The van der Waals surface area contributed by atoms with Crippen LogP contribution in [0.1, 0.15) is 25.3 Å². The van der Waals surface area contributed by atoms with Gasteiger partial charge in [-0.15, -0.1) is 11.3 Å². The Morgan fingerprint density at radius 1 is 0.967 bits per heavy atom. The number of unbranched alkanes of at least 4 members (excludes halogenated alkanes) is 1. The monoisotopic (exact) mass is 419 g/mol. The Bertz CT molecular complexity index is 1140. The second-order valence-electron chi connectivity index (χ2n) is 7.05. The molecule has 0 radical (unpaired) electrons. The molecule has 2 heterocycles. The van der Waals surface area contributed by atoms with Gasteiger partial charge in [0.15, 0.2) is 11.5 Å². The molecular weight excluding hydrogens is 394 g/mol. The topological polar surface area (TPSA) is 56.3 Å². The molecule has 0 bridgehead atoms. The van der Waals surface area contributed by atoms with Crippen molar-refractivity contribution in [1.29, 1.82) is 0 Å². The van der Waals surface area contributed by atoms with E-state index in [1.54, 1.807) is 31.9 Å². The number of benzene rings is 2. The Morgan fingerprint density at radius 3 is 2.50 bits per heavy atom. The Balaban J connectivity index is 1.70. The summed E-state index contributed by atoms with van der Waals surface area (Å²) in [7, 11) is 3.29. The summed E-state index contributed by atoms with van der Waals surface area (Å²) in [5.74, 6) is 2.20. The maximum Gasteiger partial charge on any atom is 0.161 e. The van der Waals surface area contributed by atoms with E-state index in [4.69, 9.17) is 9.47 Å². The van der Waals surface area contributed by atoms with Crippen molar-refractivity contribution in [3.05, 3.63) is 59.7 Å². The van der Waals surface area contributed by atoms with Gasteiger partial charge in [-0.1, -0.05) is 31.5 Å². The molecule has 0 saturated carbocycles. The molecule has 154 valence electrons. The van der Waals surface area contributed by atoms with Crippen molar-refractivity contribution in [3.8, 4) is 22.6 Å². The molecule has 0 spiro atoms. The van der Waals surface area contributed by atoms with Crippen LogP contribution in [0.4, 0.5) is 11.5 Å². The summed E-state index contributed by atoms with van der Waals surface area (Å²) in [4.78, 5) is 9.94. The molecule has 0 amide bonds.